The summed E-state index contributed by atoms with van der Waals surface area (Å²) in [7, 11) is 0. The molecule has 1 aliphatic carbocycles. The number of aliphatic imine (C=N–C) groups is 1. The van der Waals surface area contributed by atoms with Crippen molar-refractivity contribution in [2.45, 2.75) is 45.1 Å². The first-order valence-electron chi connectivity index (χ1n) is 5.89. The Balaban J connectivity index is 1.80. The van der Waals surface area contributed by atoms with Crippen LogP contribution in [0.5, 0.6) is 0 Å². The van der Waals surface area contributed by atoms with E-state index >= 15 is 0 Å². The van der Waals surface area contributed by atoms with Crippen molar-refractivity contribution >= 4 is 5.96 Å². The van der Waals surface area contributed by atoms with Gasteiger partial charge in [-0.2, -0.15) is 0 Å². The first-order chi connectivity index (χ1) is 6.84. The van der Waals surface area contributed by atoms with E-state index in [2.05, 4.69) is 22.5 Å². The number of hydrogen-bond acceptors (Lipinski definition) is 3. The Bertz CT molecular complexity index is 213. The summed E-state index contributed by atoms with van der Waals surface area (Å²) in [6.07, 6.45) is 6.56. The summed E-state index contributed by atoms with van der Waals surface area (Å²) in [5, 5.41) is 6.85. The standard InChI is InChI=1S/C11H21N3/c1-9-4-2-5-10(8-9)14-11-12-6-3-7-13-11/h9-10H,2-8H2,1H3,(H2,12,13,14). The van der Waals surface area contributed by atoms with Crippen molar-refractivity contribution in [1.29, 1.82) is 0 Å². The molecule has 2 atom stereocenters. The lowest BCUT2D eigenvalue weighted by atomic mass is 9.87. The molecule has 1 heterocycles. The van der Waals surface area contributed by atoms with E-state index in [0.29, 0.717) is 6.04 Å². The van der Waals surface area contributed by atoms with E-state index in [1.54, 1.807) is 0 Å². The van der Waals surface area contributed by atoms with E-state index in [4.69, 9.17) is 0 Å². The first-order valence-corrected chi connectivity index (χ1v) is 5.89. The molecule has 0 radical (unpaired) electrons. The molecule has 1 aliphatic heterocycles. The number of hydrogen-bond donors (Lipinski definition) is 2. The molecule has 0 spiro atoms. The van der Waals surface area contributed by atoms with E-state index in [0.717, 1.165) is 25.0 Å². The molecule has 2 unspecified atom stereocenters. The van der Waals surface area contributed by atoms with Gasteiger partial charge in [-0.05, 0) is 25.2 Å². The van der Waals surface area contributed by atoms with Crippen molar-refractivity contribution in [3.8, 4) is 0 Å². The average molecular weight is 195 g/mol. The Labute approximate surface area is 86.4 Å². The predicted octanol–water partition coefficient (Wildman–Crippen LogP) is 1.50. The zero-order chi connectivity index (χ0) is 9.80. The van der Waals surface area contributed by atoms with Crippen LogP contribution in [0.1, 0.15) is 39.0 Å². The summed E-state index contributed by atoms with van der Waals surface area (Å²) < 4.78 is 0. The predicted molar refractivity (Wildman–Crippen MR) is 59.5 cm³/mol. The van der Waals surface area contributed by atoms with Crippen molar-refractivity contribution in [3.63, 3.8) is 0 Å². The van der Waals surface area contributed by atoms with Crippen molar-refractivity contribution in [2.24, 2.45) is 10.9 Å². The lowest BCUT2D eigenvalue weighted by Gasteiger charge is -2.29. The van der Waals surface area contributed by atoms with Crippen LogP contribution in [-0.4, -0.2) is 25.1 Å². The van der Waals surface area contributed by atoms with Gasteiger partial charge in [0.15, 0.2) is 5.96 Å². The fraction of sp³-hybridized carbons (Fsp3) is 0.909. The summed E-state index contributed by atoms with van der Waals surface area (Å²) in [5.74, 6) is 1.92. The third-order valence-electron chi connectivity index (χ3n) is 3.17. The molecular formula is C11H21N3. The number of nitrogens with zero attached hydrogens (tertiary/aromatic N) is 1. The van der Waals surface area contributed by atoms with Gasteiger partial charge in [0.2, 0.25) is 0 Å². The van der Waals surface area contributed by atoms with E-state index in [-0.39, 0.29) is 0 Å². The molecule has 1 saturated carbocycles. The second-order valence-electron chi connectivity index (χ2n) is 4.62. The topological polar surface area (TPSA) is 36.4 Å². The van der Waals surface area contributed by atoms with Crippen molar-refractivity contribution in [2.75, 3.05) is 13.1 Å². The van der Waals surface area contributed by atoms with Gasteiger partial charge in [0.25, 0.3) is 0 Å². The normalized spacial score (nSPS) is 33.1. The monoisotopic (exact) mass is 195 g/mol. The molecule has 0 bridgehead atoms. The zero-order valence-electron chi connectivity index (χ0n) is 9.05. The molecular weight excluding hydrogens is 174 g/mol. The largest absolute Gasteiger partial charge is 0.356 e. The van der Waals surface area contributed by atoms with Gasteiger partial charge in [0.1, 0.15) is 0 Å². The van der Waals surface area contributed by atoms with Gasteiger partial charge in [-0.25, -0.2) is 0 Å². The van der Waals surface area contributed by atoms with Crippen LogP contribution in [0.2, 0.25) is 0 Å². The van der Waals surface area contributed by atoms with Crippen LogP contribution in [0.15, 0.2) is 4.99 Å². The molecule has 0 aromatic carbocycles. The molecule has 14 heavy (non-hydrogen) atoms. The van der Waals surface area contributed by atoms with Crippen LogP contribution < -0.4 is 10.6 Å². The first kappa shape index (κ1) is 9.81. The minimum atomic E-state index is 0.656. The third-order valence-corrected chi connectivity index (χ3v) is 3.17. The molecule has 80 valence electrons. The maximum absolute atomic E-state index is 4.44. The molecule has 3 nitrogen and oxygen atoms in total. The third kappa shape index (κ3) is 2.63. The van der Waals surface area contributed by atoms with Gasteiger partial charge >= 0.3 is 0 Å². The molecule has 2 rings (SSSR count). The van der Waals surface area contributed by atoms with E-state index in [1.807, 2.05) is 0 Å². The second kappa shape index (κ2) is 4.67. The fourth-order valence-corrected chi connectivity index (χ4v) is 2.39. The van der Waals surface area contributed by atoms with Crippen molar-refractivity contribution in [3.05, 3.63) is 0 Å². The average Bonchev–Trinajstić information content (AvgIpc) is 2.19. The van der Waals surface area contributed by atoms with Crippen molar-refractivity contribution < 1.29 is 0 Å². The van der Waals surface area contributed by atoms with E-state index < -0.39 is 0 Å². The van der Waals surface area contributed by atoms with Crippen molar-refractivity contribution in [1.82, 2.24) is 10.6 Å². The van der Waals surface area contributed by atoms with E-state index in [1.165, 1.54) is 32.1 Å². The second-order valence-corrected chi connectivity index (χ2v) is 4.62. The molecule has 0 aromatic rings. The highest BCUT2D eigenvalue weighted by Crippen LogP contribution is 2.23. The van der Waals surface area contributed by atoms with Gasteiger partial charge in [-0.3, -0.25) is 4.99 Å². The summed E-state index contributed by atoms with van der Waals surface area (Å²) in [4.78, 5) is 4.44. The highest BCUT2D eigenvalue weighted by atomic mass is 15.2. The smallest absolute Gasteiger partial charge is 0.191 e. The van der Waals surface area contributed by atoms with Gasteiger partial charge in [-0.15, -0.1) is 0 Å². The lowest BCUT2D eigenvalue weighted by molar-refractivity contribution is 0.324. The highest BCUT2D eigenvalue weighted by Gasteiger charge is 2.19. The maximum Gasteiger partial charge on any atom is 0.191 e. The molecule has 2 aliphatic rings. The summed E-state index contributed by atoms with van der Waals surface area (Å²) in [5.41, 5.74) is 0. The van der Waals surface area contributed by atoms with E-state index in [9.17, 15) is 0 Å². The molecule has 0 aromatic heterocycles. The van der Waals surface area contributed by atoms with Crippen LogP contribution in [0.3, 0.4) is 0 Å². The fourth-order valence-electron chi connectivity index (χ4n) is 2.39. The zero-order valence-corrected chi connectivity index (χ0v) is 9.05. The highest BCUT2D eigenvalue weighted by molar-refractivity contribution is 5.80. The molecule has 1 fully saturated rings. The molecule has 0 saturated heterocycles. The Kier molecular flexibility index (Phi) is 3.27. The quantitative estimate of drug-likeness (QED) is 0.665. The summed E-state index contributed by atoms with van der Waals surface area (Å²) >= 11 is 0. The Hall–Kier alpha value is -0.730. The van der Waals surface area contributed by atoms with Crippen LogP contribution >= 0.6 is 0 Å². The van der Waals surface area contributed by atoms with Gasteiger partial charge < -0.3 is 10.6 Å². The minimum Gasteiger partial charge on any atom is -0.356 e. The Morgan fingerprint density at radius 3 is 3.00 bits per heavy atom. The Morgan fingerprint density at radius 1 is 1.36 bits per heavy atom. The van der Waals surface area contributed by atoms with Gasteiger partial charge in [-0.1, -0.05) is 19.8 Å². The maximum atomic E-state index is 4.44. The SMILES string of the molecule is CC1CCCC(NC2=NCCCN2)C1. The van der Waals surface area contributed by atoms with Gasteiger partial charge in [0.05, 0.1) is 0 Å². The van der Waals surface area contributed by atoms with Crippen LogP contribution in [-0.2, 0) is 0 Å². The summed E-state index contributed by atoms with van der Waals surface area (Å²) in [6.45, 7) is 4.41. The van der Waals surface area contributed by atoms with Crippen LogP contribution in [0.4, 0.5) is 0 Å². The Morgan fingerprint density at radius 2 is 2.29 bits per heavy atom. The number of guanidine groups is 1. The van der Waals surface area contributed by atoms with Gasteiger partial charge in [0, 0.05) is 19.1 Å². The summed E-state index contributed by atoms with van der Waals surface area (Å²) in [6, 6.07) is 0.656. The van der Waals surface area contributed by atoms with Crippen LogP contribution in [0, 0.1) is 5.92 Å². The number of nitrogens with one attached hydrogen (secondary N) is 2. The molecule has 3 heteroatoms. The minimum absolute atomic E-state index is 0.656. The lowest BCUT2D eigenvalue weighted by Crippen LogP contribution is -2.47. The molecule has 2 N–H and O–H groups in total. The molecule has 0 amide bonds. The number of rotatable bonds is 1. The van der Waals surface area contributed by atoms with Crippen LogP contribution in [0.25, 0.3) is 0 Å².